The first kappa shape index (κ1) is 16.6. The molecule has 0 saturated carbocycles. The lowest BCUT2D eigenvalue weighted by molar-refractivity contribution is -0.138. The van der Waals surface area contributed by atoms with Gasteiger partial charge in [0, 0.05) is 16.2 Å². The Morgan fingerprint density at radius 3 is 2.26 bits per heavy atom. The summed E-state index contributed by atoms with van der Waals surface area (Å²) in [6.07, 6.45) is -4.88. The van der Waals surface area contributed by atoms with E-state index in [9.17, 15) is 22.0 Å². The summed E-state index contributed by atoms with van der Waals surface area (Å²) in [6, 6.07) is 4.48. The highest BCUT2D eigenvalue weighted by Gasteiger charge is 2.33. The van der Waals surface area contributed by atoms with Crippen LogP contribution in [-0.4, -0.2) is 0 Å². The number of nitrogens with zero attached hydrogens (tertiary/aromatic N) is 3. The minimum Gasteiger partial charge on any atom is -0.451 e. The fourth-order valence-electron chi connectivity index (χ4n) is 1.80. The molecule has 4 nitrogen and oxygen atoms in total. The van der Waals surface area contributed by atoms with Gasteiger partial charge < -0.3 is 4.74 Å². The van der Waals surface area contributed by atoms with Gasteiger partial charge in [-0.3, -0.25) is 0 Å². The maximum atomic E-state index is 13.8. The van der Waals surface area contributed by atoms with E-state index in [0.717, 1.165) is 0 Å². The lowest BCUT2D eigenvalue weighted by atomic mass is 10.1. The van der Waals surface area contributed by atoms with Crippen molar-refractivity contribution in [2.24, 2.45) is 5.11 Å². The average Bonchev–Trinajstić information content (AvgIpc) is 2.45. The molecule has 9 heteroatoms. The second-order valence-corrected chi connectivity index (χ2v) is 4.46. The van der Waals surface area contributed by atoms with Crippen LogP contribution in [-0.2, 0) is 6.18 Å². The molecule has 0 saturated heterocycles. The highest BCUT2D eigenvalue weighted by atomic mass is 19.4. The van der Waals surface area contributed by atoms with Crippen LogP contribution in [0.3, 0.4) is 0 Å². The van der Waals surface area contributed by atoms with Crippen molar-refractivity contribution in [3.8, 4) is 11.5 Å². The Labute approximate surface area is 126 Å². The molecule has 0 amide bonds. The van der Waals surface area contributed by atoms with Gasteiger partial charge in [-0.2, -0.15) is 13.2 Å². The van der Waals surface area contributed by atoms with E-state index in [0.29, 0.717) is 0 Å². The summed E-state index contributed by atoms with van der Waals surface area (Å²) >= 11 is 0. The van der Waals surface area contributed by atoms with Crippen molar-refractivity contribution < 1.29 is 26.7 Å². The van der Waals surface area contributed by atoms with Gasteiger partial charge in [-0.1, -0.05) is 17.2 Å². The van der Waals surface area contributed by atoms with Crippen LogP contribution < -0.4 is 4.74 Å². The van der Waals surface area contributed by atoms with Crippen LogP contribution in [0.25, 0.3) is 10.4 Å². The van der Waals surface area contributed by atoms with E-state index in [1.807, 2.05) is 0 Å². The van der Waals surface area contributed by atoms with Crippen molar-refractivity contribution in [3.63, 3.8) is 0 Å². The molecule has 2 aromatic rings. The van der Waals surface area contributed by atoms with Gasteiger partial charge in [0.15, 0.2) is 17.4 Å². The number of hydrogen-bond donors (Lipinski definition) is 0. The summed E-state index contributed by atoms with van der Waals surface area (Å²) in [6.45, 7) is 1.47. The van der Waals surface area contributed by atoms with Crippen molar-refractivity contribution in [2.75, 3.05) is 0 Å². The third kappa shape index (κ3) is 3.51. The van der Waals surface area contributed by atoms with Crippen LogP contribution in [0.2, 0.25) is 0 Å². The molecular weight excluding hydrogens is 321 g/mol. The molecule has 0 N–H and O–H groups in total. The lowest BCUT2D eigenvalue weighted by Gasteiger charge is -2.13. The fraction of sp³-hybridized carbons (Fsp3) is 0.143. The van der Waals surface area contributed by atoms with Gasteiger partial charge in [-0.05, 0) is 30.7 Å². The number of hydrogen-bond acceptors (Lipinski definition) is 2. The Bertz CT molecular complexity index is 774. The van der Waals surface area contributed by atoms with Crippen molar-refractivity contribution in [3.05, 3.63) is 63.5 Å². The normalized spacial score (nSPS) is 11.0. The topological polar surface area (TPSA) is 58.0 Å². The second-order valence-electron chi connectivity index (χ2n) is 4.46. The Kier molecular flexibility index (Phi) is 4.42. The first-order chi connectivity index (χ1) is 10.7. The Morgan fingerprint density at radius 2 is 1.74 bits per heavy atom. The van der Waals surface area contributed by atoms with Gasteiger partial charge in [-0.25, -0.2) is 8.78 Å². The lowest BCUT2D eigenvalue weighted by Crippen LogP contribution is -2.07. The van der Waals surface area contributed by atoms with Gasteiger partial charge in [0.1, 0.15) is 5.75 Å². The van der Waals surface area contributed by atoms with Gasteiger partial charge in [0.2, 0.25) is 0 Å². The zero-order chi connectivity index (χ0) is 17.2. The Balaban J connectivity index is 2.46. The number of alkyl halides is 3. The molecule has 0 spiro atoms. The minimum atomic E-state index is -4.88. The number of azide groups is 1. The molecule has 0 aliphatic carbocycles. The summed E-state index contributed by atoms with van der Waals surface area (Å²) in [4.78, 5) is 2.58. The monoisotopic (exact) mass is 329 g/mol. The predicted molar refractivity (Wildman–Crippen MR) is 71.4 cm³/mol. The standard InChI is InChI=1S/C14H8F5N3O/c1-7-11(21-22-20)3-2-4-12(7)23-13-9(15)5-8(6-10(13)16)14(17,18)19/h2-6H,1H3. The molecule has 0 aliphatic heterocycles. The van der Waals surface area contributed by atoms with E-state index < -0.39 is 29.1 Å². The molecule has 2 aromatic carbocycles. The SMILES string of the molecule is Cc1c(N=[N+]=[N-])cccc1Oc1c(F)cc(C(F)(F)F)cc1F. The van der Waals surface area contributed by atoms with Crippen LogP contribution in [0.4, 0.5) is 27.6 Å². The van der Waals surface area contributed by atoms with Gasteiger partial charge >= 0.3 is 6.18 Å². The first-order valence-electron chi connectivity index (χ1n) is 6.13. The summed E-state index contributed by atoms with van der Waals surface area (Å²) < 4.78 is 70.0. The van der Waals surface area contributed by atoms with Gasteiger partial charge in [-0.15, -0.1) is 0 Å². The molecule has 0 bridgehead atoms. The molecule has 120 valence electrons. The first-order valence-corrected chi connectivity index (χ1v) is 6.13. The molecule has 0 heterocycles. The third-order valence-electron chi connectivity index (χ3n) is 2.95. The molecule has 0 atom stereocenters. The summed E-state index contributed by atoms with van der Waals surface area (Å²) in [5, 5.41) is 3.36. The maximum Gasteiger partial charge on any atom is 0.416 e. The van der Waals surface area contributed by atoms with Crippen LogP contribution in [0.1, 0.15) is 11.1 Å². The van der Waals surface area contributed by atoms with Crippen molar-refractivity contribution in [1.82, 2.24) is 0 Å². The quantitative estimate of drug-likeness (QED) is 0.294. The van der Waals surface area contributed by atoms with E-state index in [4.69, 9.17) is 10.3 Å². The van der Waals surface area contributed by atoms with Gasteiger partial charge in [0.05, 0.1) is 5.56 Å². The fourth-order valence-corrected chi connectivity index (χ4v) is 1.80. The predicted octanol–water partition coefficient (Wildman–Crippen LogP) is 6.03. The Morgan fingerprint density at radius 1 is 1.13 bits per heavy atom. The number of halogens is 5. The van der Waals surface area contributed by atoms with E-state index in [-0.39, 0.29) is 29.1 Å². The van der Waals surface area contributed by atoms with Crippen molar-refractivity contribution in [2.45, 2.75) is 13.1 Å². The molecule has 0 fully saturated rings. The van der Waals surface area contributed by atoms with Crippen LogP contribution >= 0.6 is 0 Å². The molecular formula is C14H8F5N3O. The second kappa shape index (κ2) is 6.13. The molecule has 0 aromatic heterocycles. The number of rotatable bonds is 3. The van der Waals surface area contributed by atoms with E-state index in [2.05, 4.69) is 10.0 Å². The van der Waals surface area contributed by atoms with Crippen LogP contribution in [0.5, 0.6) is 11.5 Å². The van der Waals surface area contributed by atoms with Crippen LogP contribution in [0.15, 0.2) is 35.4 Å². The zero-order valence-electron chi connectivity index (χ0n) is 11.5. The summed E-state index contributed by atoms with van der Waals surface area (Å²) in [7, 11) is 0. The smallest absolute Gasteiger partial charge is 0.416 e. The minimum absolute atomic E-state index is 0.0486. The summed E-state index contributed by atoms with van der Waals surface area (Å²) in [5.74, 6) is -4.01. The maximum absolute atomic E-state index is 13.8. The molecule has 2 rings (SSSR count). The molecule has 0 radical (unpaired) electrons. The van der Waals surface area contributed by atoms with Crippen LogP contribution in [0, 0.1) is 18.6 Å². The molecule has 23 heavy (non-hydrogen) atoms. The summed E-state index contributed by atoms with van der Waals surface area (Å²) in [5.41, 5.74) is 7.40. The Hall–Kier alpha value is -2.80. The van der Waals surface area contributed by atoms with E-state index >= 15 is 0 Å². The largest absolute Gasteiger partial charge is 0.451 e. The highest BCUT2D eigenvalue weighted by molar-refractivity contribution is 5.54. The number of ether oxygens (including phenoxy) is 1. The zero-order valence-corrected chi connectivity index (χ0v) is 11.5. The number of benzene rings is 2. The third-order valence-corrected chi connectivity index (χ3v) is 2.95. The van der Waals surface area contributed by atoms with E-state index in [1.165, 1.54) is 25.1 Å². The molecule has 0 aliphatic rings. The van der Waals surface area contributed by atoms with Gasteiger partial charge in [0.25, 0.3) is 0 Å². The molecule has 0 unspecified atom stereocenters. The van der Waals surface area contributed by atoms with Crippen molar-refractivity contribution >= 4 is 5.69 Å². The van der Waals surface area contributed by atoms with E-state index in [1.54, 1.807) is 0 Å². The highest BCUT2D eigenvalue weighted by Crippen LogP contribution is 2.37. The van der Waals surface area contributed by atoms with Crippen molar-refractivity contribution in [1.29, 1.82) is 0 Å². The average molecular weight is 329 g/mol.